The van der Waals surface area contributed by atoms with Gasteiger partial charge in [0.2, 0.25) is 0 Å². The van der Waals surface area contributed by atoms with Crippen molar-refractivity contribution in [2.24, 2.45) is 7.05 Å². The van der Waals surface area contributed by atoms with Gasteiger partial charge in [0.15, 0.2) is 0 Å². The zero-order chi connectivity index (χ0) is 11.5. The van der Waals surface area contributed by atoms with E-state index in [0.29, 0.717) is 12.4 Å². The molecule has 5 nitrogen and oxygen atoms in total. The molecule has 0 amide bonds. The number of nitrogens with two attached hydrogens (primary N) is 1. The lowest BCUT2D eigenvalue weighted by molar-refractivity contribution is 0.778. The van der Waals surface area contributed by atoms with Crippen LogP contribution in [-0.2, 0) is 13.6 Å². The van der Waals surface area contributed by atoms with E-state index in [0.717, 1.165) is 17.1 Å². The zero-order valence-corrected chi connectivity index (χ0v) is 9.44. The fraction of sp³-hybridized carbons (Fsp3) is 0.273. The molecule has 0 fully saturated rings. The van der Waals surface area contributed by atoms with Gasteiger partial charge in [-0.3, -0.25) is 4.68 Å². The van der Waals surface area contributed by atoms with Crippen LogP contribution in [0.25, 0.3) is 0 Å². The minimum Gasteiger partial charge on any atom is -0.384 e. The van der Waals surface area contributed by atoms with E-state index < -0.39 is 0 Å². The highest BCUT2D eigenvalue weighted by molar-refractivity contribution is 5.43. The van der Waals surface area contributed by atoms with Crippen LogP contribution in [-0.4, -0.2) is 14.8 Å². The first kappa shape index (κ1) is 10.5. The standard InChI is InChI=1S/C11H15N5/c1-8-4-3-5-10(15-8)13-6-9-7-14-16(2)11(9)12/h3-5,7H,6,12H2,1-2H3,(H,13,15). The summed E-state index contributed by atoms with van der Waals surface area (Å²) in [6.07, 6.45) is 1.76. The van der Waals surface area contributed by atoms with Crippen molar-refractivity contribution in [1.29, 1.82) is 0 Å². The first-order chi connectivity index (χ1) is 7.66. The molecule has 0 aliphatic carbocycles. The Hall–Kier alpha value is -2.04. The molecule has 0 bridgehead atoms. The third-order valence-corrected chi connectivity index (χ3v) is 2.41. The summed E-state index contributed by atoms with van der Waals surface area (Å²) >= 11 is 0. The van der Waals surface area contributed by atoms with Crippen LogP contribution in [0.5, 0.6) is 0 Å². The van der Waals surface area contributed by atoms with E-state index in [1.54, 1.807) is 10.9 Å². The molecule has 2 aromatic heterocycles. The van der Waals surface area contributed by atoms with Crippen LogP contribution in [0.15, 0.2) is 24.4 Å². The smallest absolute Gasteiger partial charge is 0.126 e. The van der Waals surface area contributed by atoms with Crippen LogP contribution in [0.1, 0.15) is 11.3 Å². The van der Waals surface area contributed by atoms with Crippen molar-refractivity contribution in [2.45, 2.75) is 13.5 Å². The predicted octanol–water partition coefficient (Wildman–Crippen LogP) is 1.32. The Morgan fingerprint density at radius 3 is 2.88 bits per heavy atom. The Kier molecular flexibility index (Phi) is 2.76. The molecule has 0 aliphatic heterocycles. The van der Waals surface area contributed by atoms with Gasteiger partial charge in [-0.25, -0.2) is 4.98 Å². The third kappa shape index (κ3) is 2.13. The zero-order valence-electron chi connectivity index (χ0n) is 9.44. The van der Waals surface area contributed by atoms with Gasteiger partial charge in [-0.15, -0.1) is 0 Å². The highest BCUT2D eigenvalue weighted by Gasteiger charge is 2.04. The average Bonchev–Trinajstić information content (AvgIpc) is 2.57. The lowest BCUT2D eigenvalue weighted by Crippen LogP contribution is -2.05. The van der Waals surface area contributed by atoms with Gasteiger partial charge >= 0.3 is 0 Å². The first-order valence-corrected chi connectivity index (χ1v) is 5.10. The number of aryl methyl sites for hydroxylation is 2. The summed E-state index contributed by atoms with van der Waals surface area (Å²) < 4.78 is 1.65. The molecule has 3 N–H and O–H groups in total. The van der Waals surface area contributed by atoms with Gasteiger partial charge < -0.3 is 11.1 Å². The maximum absolute atomic E-state index is 5.84. The molecule has 16 heavy (non-hydrogen) atoms. The molecule has 84 valence electrons. The van der Waals surface area contributed by atoms with E-state index in [9.17, 15) is 0 Å². The molecule has 0 spiro atoms. The number of anilines is 2. The number of nitrogens with zero attached hydrogens (tertiary/aromatic N) is 3. The molecule has 0 unspecified atom stereocenters. The molecule has 0 aliphatic rings. The predicted molar refractivity (Wildman–Crippen MR) is 63.9 cm³/mol. The molecule has 0 atom stereocenters. The number of nitrogens with one attached hydrogen (secondary N) is 1. The minimum atomic E-state index is 0.635. The van der Waals surface area contributed by atoms with Crippen LogP contribution >= 0.6 is 0 Å². The van der Waals surface area contributed by atoms with E-state index >= 15 is 0 Å². The summed E-state index contributed by atoms with van der Waals surface area (Å²) in [7, 11) is 1.82. The molecule has 2 rings (SSSR count). The van der Waals surface area contributed by atoms with Crippen molar-refractivity contribution in [3.05, 3.63) is 35.7 Å². The molecule has 2 aromatic rings. The Morgan fingerprint density at radius 2 is 2.25 bits per heavy atom. The molecular weight excluding hydrogens is 202 g/mol. The lowest BCUT2D eigenvalue weighted by Gasteiger charge is -2.05. The Labute approximate surface area is 94.3 Å². The second kappa shape index (κ2) is 4.22. The molecule has 5 heteroatoms. The van der Waals surface area contributed by atoms with Crippen molar-refractivity contribution in [1.82, 2.24) is 14.8 Å². The highest BCUT2D eigenvalue weighted by atomic mass is 15.3. The second-order valence-corrected chi connectivity index (χ2v) is 3.70. The van der Waals surface area contributed by atoms with Crippen molar-refractivity contribution in [3.63, 3.8) is 0 Å². The van der Waals surface area contributed by atoms with Crippen LogP contribution in [0.4, 0.5) is 11.6 Å². The largest absolute Gasteiger partial charge is 0.384 e. The summed E-state index contributed by atoms with van der Waals surface area (Å²) in [5, 5.41) is 7.29. The topological polar surface area (TPSA) is 68.8 Å². The fourth-order valence-corrected chi connectivity index (χ4v) is 1.46. The van der Waals surface area contributed by atoms with Crippen molar-refractivity contribution in [2.75, 3.05) is 11.1 Å². The van der Waals surface area contributed by atoms with Gasteiger partial charge in [0.1, 0.15) is 11.6 Å². The monoisotopic (exact) mass is 217 g/mol. The van der Waals surface area contributed by atoms with E-state index in [-0.39, 0.29) is 0 Å². The van der Waals surface area contributed by atoms with Gasteiger partial charge in [0, 0.05) is 24.8 Å². The highest BCUT2D eigenvalue weighted by Crippen LogP contribution is 2.12. The SMILES string of the molecule is Cc1cccc(NCc2cnn(C)c2N)n1. The number of hydrogen-bond donors (Lipinski definition) is 2. The molecular formula is C11H15N5. The van der Waals surface area contributed by atoms with E-state index in [2.05, 4.69) is 15.4 Å². The van der Waals surface area contributed by atoms with Crippen molar-refractivity contribution < 1.29 is 0 Å². The van der Waals surface area contributed by atoms with Gasteiger partial charge in [-0.2, -0.15) is 5.10 Å². The van der Waals surface area contributed by atoms with Gasteiger partial charge in [-0.1, -0.05) is 6.07 Å². The van der Waals surface area contributed by atoms with Gasteiger partial charge in [-0.05, 0) is 19.1 Å². The molecule has 0 radical (unpaired) electrons. The second-order valence-electron chi connectivity index (χ2n) is 3.70. The van der Waals surface area contributed by atoms with E-state index in [1.807, 2.05) is 32.2 Å². The number of nitrogen functional groups attached to an aromatic ring is 1. The summed E-state index contributed by atoms with van der Waals surface area (Å²) in [6, 6.07) is 5.86. The van der Waals surface area contributed by atoms with Gasteiger partial charge in [0.25, 0.3) is 0 Å². The quantitative estimate of drug-likeness (QED) is 0.813. The van der Waals surface area contributed by atoms with Gasteiger partial charge in [0.05, 0.1) is 6.20 Å². The van der Waals surface area contributed by atoms with Crippen LogP contribution in [0.3, 0.4) is 0 Å². The van der Waals surface area contributed by atoms with E-state index in [1.165, 1.54) is 0 Å². The third-order valence-electron chi connectivity index (χ3n) is 2.41. The summed E-state index contributed by atoms with van der Waals surface area (Å²) in [4.78, 5) is 4.35. The van der Waals surface area contributed by atoms with Crippen molar-refractivity contribution in [3.8, 4) is 0 Å². The summed E-state index contributed by atoms with van der Waals surface area (Å²) in [5.41, 5.74) is 7.80. The first-order valence-electron chi connectivity index (χ1n) is 5.10. The number of hydrogen-bond acceptors (Lipinski definition) is 4. The average molecular weight is 217 g/mol. The maximum atomic E-state index is 5.84. The molecule has 0 aromatic carbocycles. The Balaban J connectivity index is 2.05. The van der Waals surface area contributed by atoms with E-state index in [4.69, 9.17) is 5.73 Å². The van der Waals surface area contributed by atoms with Crippen LogP contribution in [0.2, 0.25) is 0 Å². The number of rotatable bonds is 3. The van der Waals surface area contributed by atoms with Crippen LogP contribution < -0.4 is 11.1 Å². The van der Waals surface area contributed by atoms with Crippen molar-refractivity contribution >= 4 is 11.6 Å². The molecule has 0 saturated heterocycles. The summed E-state index contributed by atoms with van der Waals surface area (Å²) in [5.74, 6) is 1.53. The Morgan fingerprint density at radius 1 is 1.44 bits per heavy atom. The normalized spacial score (nSPS) is 10.4. The Bertz CT molecular complexity index is 489. The number of pyridine rings is 1. The lowest BCUT2D eigenvalue weighted by atomic mass is 10.3. The van der Waals surface area contributed by atoms with Crippen LogP contribution in [0, 0.1) is 6.92 Å². The molecule has 0 saturated carbocycles. The fourth-order valence-electron chi connectivity index (χ4n) is 1.46. The minimum absolute atomic E-state index is 0.635. The molecule has 2 heterocycles. The number of aromatic nitrogens is 3. The maximum Gasteiger partial charge on any atom is 0.126 e. The summed E-state index contributed by atoms with van der Waals surface area (Å²) in [6.45, 7) is 2.60.